The molecule has 1 aliphatic rings. The Morgan fingerprint density at radius 1 is 0.740 bits per heavy atom. The van der Waals surface area contributed by atoms with Crippen molar-refractivity contribution in [2.75, 3.05) is 20.1 Å². The number of nitrogens with zero attached hydrogens (tertiary/aromatic N) is 4. The van der Waals surface area contributed by atoms with Crippen LogP contribution in [-0.4, -0.2) is 50.7 Å². The van der Waals surface area contributed by atoms with Crippen LogP contribution in [0.25, 0.3) is 11.0 Å². The molecule has 7 aromatic rings. The molecule has 0 spiro atoms. The first kappa shape index (κ1) is 31.5. The van der Waals surface area contributed by atoms with Gasteiger partial charge in [0.15, 0.2) is 0 Å². The SMILES string of the molecule is CN1CCC(OC(c2cccc(C#Cc3cn(C(c4ccccc4)(c4ccccc4)c4ccccc4)cn3)c2)c2nc3ccccc3[nH]2)CC1. The second kappa shape index (κ2) is 14.0. The number of H-pyrrole nitrogens is 1. The van der Waals surface area contributed by atoms with Crippen LogP contribution in [0.1, 0.15) is 58.3 Å². The summed E-state index contributed by atoms with van der Waals surface area (Å²) in [7, 11) is 2.17. The molecule has 1 N–H and O–H groups in total. The normalized spacial score (nSPS) is 14.7. The van der Waals surface area contributed by atoms with Gasteiger partial charge in [-0.05, 0) is 72.3 Å². The predicted octanol–water partition coefficient (Wildman–Crippen LogP) is 8.20. The number of rotatable bonds is 8. The number of benzene rings is 5. The highest BCUT2D eigenvalue weighted by atomic mass is 16.5. The van der Waals surface area contributed by atoms with E-state index in [1.54, 1.807) is 0 Å². The molecule has 8 rings (SSSR count). The molecule has 246 valence electrons. The van der Waals surface area contributed by atoms with E-state index in [2.05, 4.69) is 155 Å². The van der Waals surface area contributed by atoms with Gasteiger partial charge in [-0.15, -0.1) is 0 Å². The summed E-state index contributed by atoms with van der Waals surface area (Å²) in [4.78, 5) is 15.7. The third-order valence-corrected chi connectivity index (χ3v) is 9.72. The number of para-hydroxylation sites is 2. The molecule has 1 saturated heterocycles. The van der Waals surface area contributed by atoms with E-state index in [1.165, 1.54) is 0 Å². The molecule has 3 heterocycles. The summed E-state index contributed by atoms with van der Waals surface area (Å²) in [6.07, 6.45) is 5.77. The van der Waals surface area contributed by atoms with Crippen molar-refractivity contribution in [3.05, 3.63) is 191 Å². The first-order valence-corrected chi connectivity index (χ1v) is 17.3. The smallest absolute Gasteiger partial charge is 0.141 e. The molecule has 0 saturated carbocycles. The second-order valence-electron chi connectivity index (χ2n) is 13.0. The number of ether oxygens (including phenoxy) is 1. The standard InChI is InChI=1S/C44H39N5O/c1-48-28-26-39(27-29-48)50-42(43-46-40-22-11-12-23-41(40)47-43)34-15-13-14-33(30-34)24-25-38-31-49(32-45-38)44(35-16-5-2-6-17-35,36-18-7-3-8-19-36)37-20-9-4-10-21-37/h2-23,30-32,39,42H,26-29H2,1H3,(H,46,47). The van der Waals surface area contributed by atoms with Crippen molar-refractivity contribution in [1.82, 2.24) is 24.4 Å². The minimum absolute atomic E-state index is 0.155. The number of likely N-dealkylation sites (tertiary alicyclic amines) is 1. The molecule has 1 atom stereocenters. The van der Waals surface area contributed by atoms with E-state index in [1.807, 2.05) is 30.6 Å². The van der Waals surface area contributed by atoms with Gasteiger partial charge in [0.1, 0.15) is 23.2 Å². The minimum atomic E-state index is -0.637. The van der Waals surface area contributed by atoms with Gasteiger partial charge in [0.05, 0.1) is 23.5 Å². The van der Waals surface area contributed by atoms with Crippen LogP contribution in [-0.2, 0) is 10.3 Å². The van der Waals surface area contributed by atoms with Crippen LogP contribution in [0.2, 0.25) is 0 Å². The third-order valence-electron chi connectivity index (χ3n) is 9.72. The van der Waals surface area contributed by atoms with Gasteiger partial charge in [0.25, 0.3) is 0 Å². The summed E-state index contributed by atoms with van der Waals surface area (Å²) in [5, 5.41) is 0. The molecule has 2 aromatic heterocycles. The fourth-order valence-electron chi connectivity index (χ4n) is 7.18. The van der Waals surface area contributed by atoms with Crippen molar-refractivity contribution in [2.45, 2.75) is 30.6 Å². The fourth-order valence-corrected chi connectivity index (χ4v) is 7.18. The number of hydrogen-bond donors (Lipinski definition) is 1. The molecular formula is C44H39N5O. The average Bonchev–Trinajstić information content (AvgIpc) is 3.83. The summed E-state index contributed by atoms with van der Waals surface area (Å²) >= 11 is 0. The van der Waals surface area contributed by atoms with Crippen molar-refractivity contribution in [3.8, 4) is 11.8 Å². The Morgan fingerprint density at radius 2 is 1.36 bits per heavy atom. The average molecular weight is 654 g/mol. The lowest BCUT2D eigenvalue weighted by Gasteiger charge is -2.37. The Balaban J connectivity index is 1.15. The van der Waals surface area contributed by atoms with E-state index < -0.39 is 5.54 Å². The largest absolute Gasteiger partial charge is 0.362 e. The zero-order valence-corrected chi connectivity index (χ0v) is 28.1. The number of imidazole rings is 2. The van der Waals surface area contributed by atoms with Crippen molar-refractivity contribution < 1.29 is 4.74 Å². The lowest BCUT2D eigenvalue weighted by atomic mass is 9.77. The molecule has 50 heavy (non-hydrogen) atoms. The van der Waals surface area contributed by atoms with Gasteiger partial charge in [-0.3, -0.25) is 0 Å². The highest BCUT2D eigenvalue weighted by molar-refractivity contribution is 5.75. The third kappa shape index (κ3) is 6.25. The summed E-state index contributed by atoms with van der Waals surface area (Å²) < 4.78 is 9.04. The topological polar surface area (TPSA) is 59.0 Å². The molecule has 5 aromatic carbocycles. The molecule has 6 nitrogen and oxygen atoms in total. The van der Waals surface area contributed by atoms with Crippen LogP contribution in [0.4, 0.5) is 0 Å². The summed E-state index contributed by atoms with van der Waals surface area (Å²) in [5.74, 6) is 7.59. The summed E-state index contributed by atoms with van der Waals surface area (Å²) in [5.41, 5.74) is 7.34. The zero-order valence-electron chi connectivity index (χ0n) is 28.1. The molecule has 1 unspecified atom stereocenters. The Hall–Kier alpha value is -5.74. The number of nitrogens with one attached hydrogen (secondary N) is 1. The summed E-state index contributed by atoms with van der Waals surface area (Å²) in [6, 6.07) is 48.3. The summed E-state index contributed by atoms with van der Waals surface area (Å²) in [6.45, 7) is 2.05. The van der Waals surface area contributed by atoms with E-state index in [0.717, 1.165) is 70.6 Å². The number of fused-ring (bicyclic) bond motifs is 1. The van der Waals surface area contributed by atoms with E-state index in [-0.39, 0.29) is 12.2 Å². The van der Waals surface area contributed by atoms with Crippen LogP contribution in [0.3, 0.4) is 0 Å². The Kier molecular flexibility index (Phi) is 8.83. The molecular weight excluding hydrogens is 615 g/mol. The van der Waals surface area contributed by atoms with Crippen LogP contribution in [0.5, 0.6) is 0 Å². The van der Waals surface area contributed by atoms with Crippen molar-refractivity contribution >= 4 is 11.0 Å². The monoisotopic (exact) mass is 653 g/mol. The van der Waals surface area contributed by atoms with Crippen LogP contribution in [0.15, 0.2) is 152 Å². The predicted molar refractivity (Wildman–Crippen MR) is 199 cm³/mol. The van der Waals surface area contributed by atoms with Gasteiger partial charge in [0, 0.05) is 24.8 Å². The lowest BCUT2D eigenvalue weighted by molar-refractivity contribution is -0.0264. The van der Waals surface area contributed by atoms with Crippen molar-refractivity contribution in [3.63, 3.8) is 0 Å². The number of aromatic amines is 1. The van der Waals surface area contributed by atoms with Gasteiger partial charge in [-0.1, -0.05) is 121 Å². The van der Waals surface area contributed by atoms with Crippen LogP contribution >= 0.6 is 0 Å². The van der Waals surface area contributed by atoms with E-state index in [9.17, 15) is 0 Å². The lowest BCUT2D eigenvalue weighted by Crippen LogP contribution is -2.36. The van der Waals surface area contributed by atoms with E-state index in [4.69, 9.17) is 14.7 Å². The molecule has 1 aliphatic heterocycles. The Morgan fingerprint density at radius 3 is 2.00 bits per heavy atom. The minimum Gasteiger partial charge on any atom is -0.362 e. The first-order chi connectivity index (χ1) is 24.7. The second-order valence-corrected chi connectivity index (χ2v) is 13.0. The maximum absolute atomic E-state index is 6.84. The van der Waals surface area contributed by atoms with Crippen molar-refractivity contribution in [1.29, 1.82) is 0 Å². The van der Waals surface area contributed by atoms with Crippen LogP contribution < -0.4 is 0 Å². The number of piperidine rings is 1. The zero-order chi connectivity index (χ0) is 33.8. The van der Waals surface area contributed by atoms with Gasteiger partial charge in [-0.25, -0.2) is 9.97 Å². The quantitative estimate of drug-likeness (QED) is 0.133. The van der Waals surface area contributed by atoms with E-state index in [0.29, 0.717) is 5.69 Å². The maximum atomic E-state index is 6.84. The fraction of sp³-hybridized carbons (Fsp3) is 0.182. The molecule has 6 heteroatoms. The molecule has 0 amide bonds. The molecule has 0 radical (unpaired) electrons. The number of hydrogen-bond acceptors (Lipinski definition) is 4. The first-order valence-electron chi connectivity index (χ1n) is 17.3. The highest BCUT2D eigenvalue weighted by Crippen LogP contribution is 2.40. The van der Waals surface area contributed by atoms with E-state index >= 15 is 0 Å². The molecule has 0 bridgehead atoms. The van der Waals surface area contributed by atoms with Gasteiger partial charge >= 0.3 is 0 Å². The van der Waals surface area contributed by atoms with Gasteiger partial charge < -0.3 is 19.2 Å². The molecule has 1 fully saturated rings. The van der Waals surface area contributed by atoms with Gasteiger partial charge in [-0.2, -0.15) is 0 Å². The van der Waals surface area contributed by atoms with Gasteiger partial charge in [0.2, 0.25) is 0 Å². The molecule has 0 aliphatic carbocycles. The Labute approximate surface area is 293 Å². The Bertz CT molecular complexity index is 2110. The van der Waals surface area contributed by atoms with Crippen molar-refractivity contribution in [2.24, 2.45) is 0 Å². The van der Waals surface area contributed by atoms with Crippen LogP contribution in [0, 0.1) is 11.8 Å². The maximum Gasteiger partial charge on any atom is 0.141 e. The number of aromatic nitrogens is 4. The highest BCUT2D eigenvalue weighted by Gasteiger charge is 2.38.